The summed E-state index contributed by atoms with van der Waals surface area (Å²) >= 11 is 0. The lowest BCUT2D eigenvalue weighted by Gasteiger charge is -2.23. The molecule has 0 fully saturated rings. The summed E-state index contributed by atoms with van der Waals surface area (Å²) in [7, 11) is 8.03. The number of esters is 1. The van der Waals surface area contributed by atoms with Gasteiger partial charge in [-0.15, -0.1) is 0 Å². The van der Waals surface area contributed by atoms with Crippen LogP contribution in [-0.4, -0.2) is 51.9 Å². The Balaban J connectivity index is 2.19. The smallest absolute Gasteiger partial charge is 0.306 e. The fraction of sp³-hybridized carbons (Fsp3) is 0.562. The monoisotopic (exact) mass is 280 g/mol. The summed E-state index contributed by atoms with van der Waals surface area (Å²) in [6.07, 6.45) is 2.03. The Morgan fingerprint density at radius 2 is 1.80 bits per heavy atom. The summed E-state index contributed by atoms with van der Waals surface area (Å²) in [6.45, 7) is 1.52. The second-order valence-electron chi connectivity index (χ2n) is 5.94. The van der Waals surface area contributed by atoms with E-state index in [1.807, 2.05) is 24.3 Å². The van der Waals surface area contributed by atoms with Gasteiger partial charge in [0.1, 0.15) is 5.75 Å². The molecule has 0 radical (unpaired) electrons. The molecule has 112 valence electrons. The first kappa shape index (κ1) is 16.5. The molecule has 0 aromatic heterocycles. The molecule has 0 aliphatic rings. The maximum atomic E-state index is 11.6. The molecule has 4 nitrogen and oxygen atoms in total. The molecule has 0 aliphatic heterocycles. The highest BCUT2D eigenvalue weighted by atomic mass is 16.5. The van der Waals surface area contributed by atoms with Gasteiger partial charge in [0.15, 0.2) is 0 Å². The van der Waals surface area contributed by atoms with Crippen molar-refractivity contribution in [3.8, 4) is 5.75 Å². The van der Waals surface area contributed by atoms with E-state index in [4.69, 9.17) is 9.47 Å². The molecule has 4 heteroatoms. The SMILES string of the molecule is COc1ccc(CCC(=O)OCCC[N+](C)(C)C)cc1. The van der Waals surface area contributed by atoms with Crippen LogP contribution in [0.5, 0.6) is 5.75 Å². The lowest BCUT2D eigenvalue weighted by Crippen LogP contribution is -2.35. The summed E-state index contributed by atoms with van der Waals surface area (Å²) in [4.78, 5) is 11.6. The van der Waals surface area contributed by atoms with Crippen molar-refractivity contribution >= 4 is 5.97 Å². The Morgan fingerprint density at radius 1 is 1.15 bits per heavy atom. The Morgan fingerprint density at radius 3 is 2.35 bits per heavy atom. The molecule has 0 unspecified atom stereocenters. The van der Waals surface area contributed by atoms with E-state index in [0.29, 0.717) is 19.4 Å². The van der Waals surface area contributed by atoms with E-state index in [0.717, 1.165) is 28.8 Å². The minimum Gasteiger partial charge on any atom is -0.497 e. The zero-order valence-electron chi connectivity index (χ0n) is 13.0. The molecule has 0 N–H and O–H groups in total. The average Bonchev–Trinajstić information content (AvgIpc) is 2.41. The van der Waals surface area contributed by atoms with Gasteiger partial charge in [0.2, 0.25) is 0 Å². The summed E-state index contributed by atoms with van der Waals surface area (Å²) < 4.78 is 11.2. The van der Waals surface area contributed by atoms with Crippen molar-refractivity contribution in [1.29, 1.82) is 0 Å². The summed E-state index contributed by atoms with van der Waals surface area (Å²) in [5, 5.41) is 0. The fourth-order valence-corrected chi connectivity index (χ4v) is 1.84. The maximum Gasteiger partial charge on any atom is 0.306 e. The minimum absolute atomic E-state index is 0.123. The number of carbonyl (C=O) groups excluding carboxylic acids is 1. The predicted molar refractivity (Wildman–Crippen MR) is 79.8 cm³/mol. The molecule has 20 heavy (non-hydrogen) atoms. The molecule has 0 spiro atoms. The van der Waals surface area contributed by atoms with Crippen LogP contribution in [0.1, 0.15) is 18.4 Å². The molecule has 0 saturated carbocycles. The van der Waals surface area contributed by atoms with E-state index >= 15 is 0 Å². The number of rotatable bonds is 8. The lowest BCUT2D eigenvalue weighted by molar-refractivity contribution is -0.870. The summed E-state index contributed by atoms with van der Waals surface area (Å²) in [6, 6.07) is 7.76. The van der Waals surface area contributed by atoms with E-state index in [-0.39, 0.29) is 5.97 Å². The molecule has 0 aliphatic carbocycles. The number of carbonyl (C=O) groups is 1. The van der Waals surface area contributed by atoms with Gasteiger partial charge in [-0.3, -0.25) is 4.79 Å². The Bertz CT molecular complexity index is 407. The normalized spacial score (nSPS) is 11.2. The molecule has 0 heterocycles. The number of hydrogen-bond donors (Lipinski definition) is 0. The molecular formula is C16H26NO3+. The molecule has 0 amide bonds. The maximum absolute atomic E-state index is 11.6. The number of methoxy groups -OCH3 is 1. The fourth-order valence-electron chi connectivity index (χ4n) is 1.84. The third kappa shape index (κ3) is 7.14. The van der Waals surface area contributed by atoms with Crippen molar-refractivity contribution in [2.45, 2.75) is 19.3 Å². The van der Waals surface area contributed by atoms with Gasteiger partial charge in [0, 0.05) is 12.8 Å². The number of aryl methyl sites for hydroxylation is 1. The van der Waals surface area contributed by atoms with Gasteiger partial charge in [-0.25, -0.2) is 0 Å². The molecule has 0 atom stereocenters. The van der Waals surface area contributed by atoms with Crippen molar-refractivity contribution in [2.24, 2.45) is 0 Å². The van der Waals surface area contributed by atoms with Gasteiger partial charge < -0.3 is 14.0 Å². The molecule has 1 aromatic rings. The first-order valence-electron chi connectivity index (χ1n) is 7.00. The van der Waals surface area contributed by atoms with Crippen LogP contribution < -0.4 is 4.74 Å². The van der Waals surface area contributed by atoms with Crippen LogP contribution >= 0.6 is 0 Å². The lowest BCUT2D eigenvalue weighted by atomic mass is 10.1. The van der Waals surface area contributed by atoms with Crippen molar-refractivity contribution in [3.63, 3.8) is 0 Å². The van der Waals surface area contributed by atoms with Crippen LogP contribution in [0.2, 0.25) is 0 Å². The molecule has 1 aromatic carbocycles. The summed E-state index contributed by atoms with van der Waals surface area (Å²) in [5.41, 5.74) is 1.12. The minimum atomic E-state index is -0.123. The van der Waals surface area contributed by atoms with Crippen LogP contribution in [0.3, 0.4) is 0 Å². The Labute approximate surface area is 121 Å². The molecule has 0 bridgehead atoms. The van der Waals surface area contributed by atoms with E-state index in [1.165, 1.54) is 0 Å². The van der Waals surface area contributed by atoms with Crippen molar-refractivity contribution < 1.29 is 18.8 Å². The second kappa shape index (κ2) is 7.90. The van der Waals surface area contributed by atoms with Gasteiger partial charge in [-0.1, -0.05) is 12.1 Å². The molecule has 0 saturated heterocycles. The Hall–Kier alpha value is -1.55. The van der Waals surface area contributed by atoms with Gasteiger partial charge >= 0.3 is 5.97 Å². The first-order valence-corrected chi connectivity index (χ1v) is 7.00. The van der Waals surface area contributed by atoms with Crippen molar-refractivity contribution in [1.82, 2.24) is 0 Å². The number of hydrogen-bond acceptors (Lipinski definition) is 3. The van der Waals surface area contributed by atoms with E-state index in [9.17, 15) is 4.79 Å². The van der Waals surface area contributed by atoms with Crippen LogP contribution in [0.15, 0.2) is 24.3 Å². The second-order valence-corrected chi connectivity index (χ2v) is 5.94. The van der Waals surface area contributed by atoms with Crippen molar-refractivity contribution in [3.05, 3.63) is 29.8 Å². The molecule has 1 rings (SSSR count). The van der Waals surface area contributed by atoms with E-state index in [2.05, 4.69) is 21.1 Å². The highest BCUT2D eigenvalue weighted by molar-refractivity contribution is 5.69. The van der Waals surface area contributed by atoms with Crippen molar-refractivity contribution in [2.75, 3.05) is 41.4 Å². The van der Waals surface area contributed by atoms with Crippen LogP contribution in [0.25, 0.3) is 0 Å². The van der Waals surface area contributed by atoms with E-state index in [1.54, 1.807) is 7.11 Å². The average molecular weight is 280 g/mol. The quantitative estimate of drug-likeness (QED) is 0.416. The predicted octanol–water partition coefficient (Wildman–Crippen LogP) is 2.27. The largest absolute Gasteiger partial charge is 0.497 e. The summed E-state index contributed by atoms with van der Waals surface area (Å²) in [5.74, 6) is 0.707. The van der Waals surface area contributed by atoms with Gasteiger partial charge in [0.05, 0.1) is 41.4 Å². The molecular weight excluding hydrogens is 254 g/mol. The highest BCUT2D eigenvalue weighted by Crippen LogP contribution is 2.12. The third-order valence-corrected chi connectivity index (χ3v) is 3.01. The van der Waals surface area contributed by atoms with Crippen LogP contribution in [-0.2, 0) is 16.0 Å². The third-order valence-electron chi connectivity index (χ3n) is 3.01. The van der Waals surface area contributed by atoms with Crippen LogP contribution in [0, 0.1) is 0 Å². The number of quaternary nitrogens is 1. The number of nitrogens with zero attached hydrogens (tertiary/aromatic N) is 1. The van der Waals surface area contributed by atoms with Crippen LogP contribution in [0.4, 0.5) is 0 Å². The van der Waals surface area contributed by atoms with E-state index < -0.39 is 0 Å². The number of ether oxygens (including phenoxy) is 2. The van der Waals surface area contributed by atoms with Gasteiger partial charge in [-0.2, -0.15) is 0 Å². The topological polar surface area (TPSA) is 35.5 Å². The van der Waals surface area contributed by atoms with Gasteiger partial charge in [0.25, 0.3) is 0 Å². The standard InChI is InChI=1S/C16H26NO3/c1-17(2,3)12-5-13-20-16(18)11-8-14-6-9-15(19-4)10-7-14/h6-7,9-10H,5,8,11-13H2,1-4H3/q+1. The first-order chi connectivity index (χ1) is 9.40. The zero-order valence-corrected chi connectivity index (χ0v) is 13.0. The Kier molecular flexibility index (Phi) is 6.52. The number of benzene rings is 1. The highest BCUT2D eigenvalue weighted by Gasteiger charge is 2.08. The zero-order chi connectivity index (χ0) is 15.0. The van der Waals surface area contributed by atoms with Gasteiger partial charge in [-0.05, 0) is 24.1 Å².